The van der Waals surface area contributed by atoms with Gasteiger partial charge in [0.1, 0.15) is 0 Å². The predicted molar refractivity (Wildman–Crippen MR) is 111 cm³/mol. The number of quaternary nitrogens is 1. The summed E-state index contributed by atoms with van der Waals surface area (Å²) in [6.45, 7) is 4.41. The summed E-state index contributed by atoms with van der Waals surface area (Å²) in [6, 6.07) is 16.6. The molecule has 146 valence electrons. The van der Waals surface area contributed by atoms with E-state index in [-0.39, 0.29) is 11.6 Å². The minimum atomic E-state index is -0.420. The number of nitro benzene ring substituents is 1. The summed E-state index contributed by atoms with van der Waals surface area (Å²) in [4.78, 5) is 27.0. The van der Waals surface area contributed by atoms with Crippen LogP contribution >= 0.6 is 11.8 Å². The van der Waals surface area contributed by atoms with Gasteiger partial charge < -0.3 is 9.80 Å². The van der Waals surface area contributed by atoms with Gasteiger partial charge in [-0.3, -0.25) is 14.9 Å². The van der Waals surface area contributed by atoms with Crippen molar-refractivity contribution in [3.05, 3.63) is 76.4 Å². The molecule has 0 saturated carbocycles. The lowest BCUT2D eigenvalue weighted by molar-refractivity contribution is -0.898. The van der Waals surface area contributed by atoms with Crippen LogP contribution in [0, 0.1) is 10.1 Å². The van der Waals surface area contributed by atoms with Crippen molar-refractivity contribution < 1.29 is 14.6 Å². The second kappa shape index (κ2) is 10.1. The van der Waals surface area contributed by atoms with Crippen molar-refractivity contribution in [2.75, 3.05) is 38.5 Å². The molecule has 6 nitrogen and oxygen atoms in total. The van der Waals surface area contributed by atoms with E-state index >= 15 is 0 Å². The molecule has 28 heavy (non-hydrogen) atoms. The molecule has 0 unspecified atom stereocenters. The first-order valence-corrected chi connectivity index (χ1v) is 10.3. The fraction of sp³-hybridized carbons (Fsp3) is 0.286. The third-order valence-electron chi connectivity index (χ3n) is 4.75. The molecular weight excluding hydrogens is 374 g/mol. The lowest BCUT2D eigenvalue weighted by atomic mass is 10.2. The number of rotatable bonds is 7. The molecule has 1 N–H and O–H groups in total. The van der Waals surface area contributed by atoms with Gasteiger partial charge in [-0.25, -0.2) is 0 Å². The van der Waals surface area contributed by atoms with Crippen LogP contribution in [0.5, 0.6) is 0 Å². The Morgan fingerprint density at radius 1 is 1.11 bits per heavy atom. The number of nitrogens with zero attached hydrogens (tertiary/aromatic N) is 2. The second-order valence-corrected chi connectivity index (χ2v) is 7.74. The van der Waals surface area contributed by atoms with E-state index in [0.29, 0.717) is 5.75 Å². The van der Waals surface area contributed by atoms with Crippen LogP contribution in [0.4, 0.5) is 5.69 Å². The van der Waals surface area contributed by atoms with Crippen molar-refractivity contribution in [1.29, 1.82) is 0 Å². The lowest BCUT2D eigenvalue weighted by Gasteiger charge is -2.31. The number of carbonyl (C=O) groups excluding carboxylic acids is 1. The summed E-state index contributed by atoms with van der Waals surface area (Å²) in [7, 11) is 0. The maximum Gasteiger partial charge on any atom is 0.269 e. The van der Waals surface area contributed by atoms with Crippen LogP contribution in [0.2, 0.25) is 0 Å². The molecule has 0 aromatic heterocycles. The van der Waals surface area contributed by atoms with Crippen LogP contribution in [0.15, 0.2) is 65.6 Å². The predicted octanol–water partition coefficient (Wildman–Crippen LogP) is 2.13. The van der Waals surface area contributed by atoms with Gasteiger partial charge in [0.15, 0.2) is 0 Å². The largest absolute Gasteiger partial charge is 0.331 e. The Balaban J connectivity index is 1.38. The van der Waals surface area contributed by atoms with Gasteiger partial charge in [-0.2, -0.15) is 0 Å². The third kappa shape index (κ3) is 5.94. The number of hydrogen-bond donors (Lipinski definition) is 1. The summed E-state index contributed by atoms with van der Waals surface area (Å²) in [5, 5.41) is 10.7. The van der Waals surface area contributed by atoms with E-state index in [2.05, 4.69) is 24.3 Å². The van der Waals surface area contributed by atoms with E-state index in [1.807, 2.05) is 23.1 Å². The number of thioether (sulfide) groups is 1. The maximum atomic E-state index is 12.4. The molecule has 0 atom stereocenters. The highest BCUT2D eigenvalue weighted by Gasteiger charge is 2.22. The normalized spacial score (nSPS) is 15.1. The van der Waals surface area contributed by atoms with Gasteiger partial charge in [0.25, 0.3) is 5.69 Å². The number of hydrogen-bond acceptors (Lipinski definition) is 4. The van der Waals surface area contributed by atoms with E-state index in [1.165, 1.54) is 34.4 Å². The minimum Gasteiger partial charge on any atom is -0.331 e. The summed E-state index contributed by atoms with van der Waals surface area (Å²) < 4.78 is 0. The van der Waals surface area contributed by atoms with Gasteiger partial charge in [0, 0.05) is 17.0 Å². The van der Waals surface area contributed by atoms with Crippen LogP contribution in [0.1, 0.15) is 5.56 Å². The molecule has 7 heteroatoms. The molecule has 0 radical (unpaired) electrons. The molecule has 1 saturated heterocycles. The zero-order valence-corrected chi connectivity index (χ0v) is 16.4. The van der Waals surface area contributed by atoms with Crippen LogP contribution in [-0.4, -0.2) is 54.2 Å². The molecule has 3 rings (SSSR count). The maximum absolute atomic E-state index is 12.4. The van der Waals surface area contributed by atoms with E-state index in [0.717, 1.165) is 37.6 Å². The molecular formula is C21H24N3O3S+. The first-order valence-electron chi connectivity index (χ1n) is 9.32. The Morgan fingerprint density at radius 2 is 1.79 bits per heavy atom. The Kier molecular flexibility index (Phi) is 7.22. The Hall–Kier alpha value is -2.64. The van der Waals surface area contributed by atoms with Gasteiger partial charge in [-0.05, 0) is 23.8 Å². The highest BCUT2D eigenvalue weighted by Crippen LogP contribution is 2.21. The van der Waals surface area contributed by atoms with E-state index in [9.17, 15) is 14.9 Å². The number of nitro groups is 1. The summed E-state index contributed by atoms with van der Waals surface area (Å²) in [6.07, 6.45) is 4.35. The van der Waals surface area contributed by atoms with Crippen LogP contribution in [0.3, 0.4) is 0 Å². The topological polar surface area (TPSA) is 67.9 Å². The molecule has 1 aliphatic rings. The minimum absolute atomic E-state index is 0.0658. The van der Waals surface area contributed by atoms with E-state index in [4.69, 9.17) is 0 Å². The van der Waals surface area contributed by atoms with Gasteiger partial charge in [0.05, 0.1) is 43.4 Å². The fourth-order valence-electron chi connectivity index (χ4n) is 3.10. The summed E-state index contributed by atoms with van der Waals surface area (Å²) in [5.41, 5.74) is 1.27. The molecule has 1 aliphatic heterocycles. The molecule has 1 fully saturated rings. The molecule has 1 heterocycles. The first kappa shape index (κ1) is 20.1. The SMILES string of the molecule is O=C(CSc1ccc([N+](=O)[O-])cc1)N1CC[NH+](C/C=C/c2ccccc2)CC1. The van der Waals surface area contributed by atoms with Gasteiger partial charge in [0.2, 0.25) is 5.91 Å². The van der Waals surface area contributed by atoms with Gasteiger partial charge in [-0.1, -0.05) is 36.4 Å². The highest BCUT2D eigenvalue weighted by atomic mass is 32.2. The first-order chi connectivity index (χ1) is 13.6. The van der Waals surface area contributed by atoms with Crippen molar-refractivity contribution in [1.82, 2.24) is 4.90 Å². The van der Waals surface area contributed by atoms with Crippen LogP contribution < -0.4 is 4.90 Å². The number of amides is 1. The smallest absolute Gasteiger partial charge is 0.269 e. The van der Waals surface area contributed by atoms with E-state index < -0.39 is 4.92 Å². The van der Waals surface area contributed by atoms with Crippen LogP contribution in [0.25, 0.3) is 6.08 Å². The molecule has 2 aromatic carbocycles. The van der Waals surface area contributed by atoms with E-state index in [1.54, 1.807) is 12.1 Å². The zero-order chi connectivity index (χ0) is 19.8. The van der Waals surface area contributed by atoms with Crippen LogP contribution in [-0.2, 0) is 4.79 Å². The molecule has 2 aromatic rings. The highest BCUT2D eigenvalue weighted by molar-refractivity contribution is 8.00. The average Bonchev–Trinajstić information content (AvgIpc) is 2.73. The van der Waals surface area contributed by atoms with Crippen molar-refractivity contribution in [3.8, 4) is 0 Å². The average molecular weight is 399 g/mol. The molecule has 1 amide bonds. The zero-order valence-electron chi connectivity index (χ0n) is 15.6. The molecule has 0 bridgehead atoms. The Bertz CT molecular complexity index is 817. The third-order valence-corrected chi connectivity index (χ3v) is 5.75. The number of benzene rings is 2. The molecule has 0 aliphatic carbocycles. The monoisotopic (exact) mass is 398 g/mol. The van der Waals surface area contributed by atoms with Gasteiger partial charge in [-0.15, -0.1) is 11.8 Å². The molecule has 0 spiro atoms. The Labute approximate surface area is 169 Å². The van der Waals surface area contributed by atoms with Crippen molar-refractivity contribution >= 4 is 29.4 Å². The number of nitrogens with one attached hydrogen (secondary N) is 1. The summed E-state index contributed by atoms with van der Waals surface area (Å²) >= 11 is 1.42. The van der Waals surface area contributed by atoms with Crippen molar-refractivity contribution in [3.63, 3.8) is 0 Å². The second-order valence-electron chi connectivity index (χ2n) is 6.69. The fourth-order valence-corrected chi connectivity index (χ4v) is 3.90. The van der Waals surface area contributed by atoms with Crippen molar-refractivity contribution in [2.45, 2.75) is 4.90 Å². The van der Waals surface area contributed by atoms with Gasteiger partial charge >= 0.3 is 0 Å². The summed E-state index contributed by atoms with van der Waals surface area (Å²) in [5.74, 6) is 0.489. The quantitative estimate of drug-likeness (QED) is 0.441. The number of piperazine rings is 1. The lowest BCUT2D eigenvalue weighted by Crippen LogP contribution is -3.14. The standard InChI is InChI=1S/C21H23N3O3S/c25-21(17-28-20-10-8-19(9-11-20)24(26)27)23-15-13-22(14-16-23)12-4-7-18-5-2-1-3-6-18/h1-11H,12-17H2/p+1/b7-4+. The number of carbonyl (C=O) groups is 1. The van der Waals surface area contributed by atoms with Crippen molar-refractivity contribution in [2.24, 2.45) is 0 Å². The number of non-ortho nitro benzene ring substituents is 1. The Morgan fingerprint density at radius 3 is 2.43 bits per heavy atom.